The third-order valence-electron chi connectivity index (χ3n) is 3.40. The van der Waals surface area contributed by atoms with Crippen LogP contribution in [-0.2, 0) is 19.9 Å². The normalized spacial score (nSPS) is 19.6. The van der Waals surface area contributed by atoms with Crippen molar-refractivity contribution in [2.24, 2.45) is 0 Å². The number of sulfonamides is 1. The van der Waals surface area contributed by atoms with Gasteiger partial charge >= 0.3 is 0 Å². The summed E-state index contributed by atoms with van der Waals surface area (Å²) in [5, 5.41) is 1.33. The van der Waals surface area contributed by atoms with E-state index in [9.17, 15) is 16.8 Å². The molecule has 0 N–H and O–H groups in total. The van der Waals surface area contributed by atoms with Crippen LogP contribution < -0.4 is 0 Å². The van der Waals surface area contributed by atoms with Gasteiger partial charge in [0.1, 0.15) is 4.21 Å². The lowest BCUT2D eigenvalue weighted by Crippen LogP contribution is -2.42. The first-order valence-electron chi connectivity index (χ1n) is 6.13. The van der Waals surface area contributed by atoms with Gasteiger partial charge in [0, 0.05) is 18.8 Å². The zero-order chi connectivity index (χ0) is 14.1. The van der Waals surface area contributed by atoms with Gasteiger partial charge < -0.3 is 0 Å². The summed E-state index contributed by atoms with van der Waals surface area (Å²) in [7, 11) is -6.50. The van der Waals surface area contributed by atoms with Crippen molar-refractivity contribution in [2.75, 3.05) is 18.8 Å². The van der Waals surface area contributed by atoms with Crippen LogP contribution in [0.1, 0.15) is 19.8 Å². The lowest BCUT2D eigenvalue weighted by Gasteiger charge is -2.30. The van der Waals surface area contributed by atoms with Crippen LogP contribution in [0.4, 0.5) is 0 Å². The summed E-state index contributed by atoms with van der Waals surface area (Å²) in [6.45, 7) is 2.19. The molecule has 0 amide bonds. The van der Waals surface area contributed by atoms with Gasteiger partial charge in [0.15, 0.2) is 9.84 Å². The van der Waals surface area contributed by atoms with Crippen molar-refractivity contribution in [2.45, 2.75) is 29.2 Å². The average Bonchev–Trinajstić information content (AvgIpc) is 2.93. The molecule has 1 aromatic heterocycles. The second-order valence-corrected chi connectivity index (χ2v) is 10.2. The fraction of sp³-hybridized carbons (Fsp3) is 0.636. The third-order valence-corrected chi connectivity index (χ3v) is 8.96. The van der Waals surface area contributed by atoms with E-state index in [2.05, 4.69) is 0 Å². The van der Waals surface area contributed by atoms with E-state index in [-0.39, 0.29) is 18.8 Å². The molecule has 2 rings (SSSR count). The van der Waals surface area contributed by atoms with Gasteiger partial charge in [0.25, 0.3) is 10.0 Å². The Morgan fingerprint density at radius 2 is 1.89 bits per heavy atom. The number of nitrogens with zero attached hydrogens (tertiary/aromatic N) is 1. The molecule has 1 aromatic rings. The predicted octanol–water partition coefficient (Wildman–Crippen LogP) is 1.34. The Labute approximate surface area is 118 Å². The number of thiophene rings is 1. The van der Waals surface area contributed by atoms with Crippen LogP contribution in [-0.4, -0.2) is 45.2 Å². The lowest BCUT2D eigenvalue weighted by molar-refractivity contribution is 0.346. The molecule has 2 heterocycles. The highest BCUT2D eigenvalue weighted by Crippen LogP contribution is 2.26. The van der Waals surface area contributed by atoms with Crippen LogP contribution in [0, 0.1) is 0 Å². The average molecular weight is 323 g/mol. The van der Waals surface area contributed by atoms with E-state index < -0.39 is 25.1 Å². The van der Waals surface area contributed by atoms with Crippen LogP contribution in [0.3, 0.4) is 0 Å². The van der Waals surface area contributed by atoms with Crippen molar-refractivity contribution in [3.8, 4) is 0 Å². The van der Waals surface area contributed by atoms with E-state index >= 15 is 0 Å². The predicted molar refractivity (Wildman–Crippen MR) is 75.6 cm³/mol. The Balaban J connectivity index is 2.09. The second kappa shape index (κ2) is 5.51. The SMILES string of the molecule is CCS(=O)(=O)C1CCN(S(=O)(=O)c2cccs2)CC1. The van der Waals surface area contributed by atoms with E-state index in [0.29, 0.717) is 17.1 Å². The monoisotopic (exact) mass is 323 g/mol. The van der Waals surface area contributed by atoms with Gasteiger partial charge in [-0.3, -0.25) is 0 Å². The Bertz CT molecular complexity index is 611. The molecule has 19 heavy (non-hydrogen) atoms. The molecular formula is C11H17NO4S3. The third kappa shape index (κ3) is 3.01. The zero-order valence-electron chi connectivity index (χ0n) is 10.6. The minimum Gasteiger partial charge on any atom is -0.229 e. The number of rotatable bonds is 4. The minimum atomic E-state index is -3.44. The van der Waals surface area contributed by atoms with Gasteiger partial charge in [-0.15, -0.1) is 11.3 Å². The summed E-state index contributed by atoms with van der Waals surface area (Å²) in [4.78, 5) is 0. The Kier molecular flexibility index (Phi) is 4.34. The number of hydrogen-bond acceptors (Lipinski definition) is 5. The van der Waals surface area contributed by atoms with E-state index in [1.807, 2.05) is 0 Å². The number of piperidine rings is 1. The molecule has 0 radical (unpaired) electrons. The van der Waals surface area contributed by atoms with E-state index in [4.69, 9.17) is 0 Å². The molecule has 0 unspecified atom stereocenters. The van der Waals surface area contributed by atoms with Crippen molar-refractivity contribution < 1.29 is 16.8 Å². The van der Waals surface area contributed by atoms with Gasteiger partial charge in [-0.2, -0.15) is 4.31 Å². The lowest BCUT2D eigenvalue weighted by atomic mass is 10.2. The molecule has 1 saturated heterocycles. The Morgan fingerprint density at radius 1 is 1.26 bits per heavy atom. The number of sulfone groups is 1. The molecular weight excluding hydrogens is 306 g/mol. The fourth-order valence-electron chi connectivity index (χ4n) is 2.20. The van der Waals surface area contributed by atoms with Crippen LogP contribution >= 0.6 is 11.3 Å². The van der Waals surface area contributed by atoms with Crippen molar-refractivity contribution in [1.29, 1.82) is 0 Å². The molecule has 1 aliphatic rings. The van der Waals surface area contributed by atoms with E-state index in [1.54, 1.807) is 24.4 Å². The Morgan fingerprint density at radius 3 is 2.37 bits per heavy atom. The van der Waals surface area contributed by atoms with Crippen molar-refractivity contribution in [3.63, 3.8) is 0 Å². The van der Waals surface area contributed by atoms with Crippen molar-refractivity contribution >= 4 is 31.2 Å². The van der Waals surface area contributed by atoms with Gasteiger partial charge in [0.2, 0.25) is 0 Å². The number of hydrogen-bond donors (Lipinski definition) is 0. The molecule has 0 spiro atoms. The Hall–Kier alpha value is -0.440. The highest BCUT2D eigenvalue weighted by Gasteiger charge is 2.34. The first kappa shape index (κ1) is 15.0. The molecule has 5 nitrogen and oxygen atoms in total. The highest BCUT2D eigenvalue weighted by molar-refractivity contribution is 7.92. The maximum absolute atomic E-state index is 12.3. The first-order valence-corrected chi connectivity index (χ1v) is 10.2. The van der Waals surface area contributed by atoms with Crippen LogP contribution in [0.25, 0.3) is 0 Å². The maximum Gasteiger partial charge on any atom is 0.252 e. The molecule has 0 bridgehead atoms. The first-order chi connectivity index (χ1) is 8.88. The van der Waals surface area contributed by atoms with Crippen LogP contribution in [0.5, 0.6) is 0 Å². The van der Waals surface area contributed by atoms with E-state index in [1.165, 1.54) is 15.6 Å². The molecule has 0 atom stereocenters. The molecule has 8 heteroatoms. The fourth-order valence-corrected chi connectivity index (χ4v) is 6.22. The zero-order valence-corrected chi connectivity index (χ0v) is 13.1. The highest BCUT2D eigenvalue weighted by atomic mass is 32.2. The van der Waals surface area contributed by atoms with Crippen LogP contribution in [0.15, 0.2) is 21.7 Å². The van der Waals surface area contributed by atoms with Crippen molar-refractivity contribution in [3.05, 3.63) is 17.5 Å². The summed E-state index contributed by atoms with van der Waals surface area (Å²) in [5.74, 6) is 0.120. The van der Waals surface area contributed by atoms with Crippen LogP contribution in [0.2, 0.25) is 0 Å². The standard InChI is InChI=1S/C11H17NO4S3/c1-2-18(13,14)10-5-7-12(8-6-10)19(15,16)11-4-3-9-17-11/h3-4,9-10H,2,5-8H2,1H3. The quantitative estimate of drug-likeness (QED) is 0.838. The topological polar surface area (TPSA) is 71.5 Å². The minimum absolute atomic E-state index is 0.120. The second-order valence-electron chi connectivity index (χ2n) is 4.49. The molecule has 0 aromatic carbocycles. The van der Waals surface area contributed by atoms with Gasteiger partial charge in [0.05, 0.1) is 5.25 Å². The molecule has 1 aliphatic heterocycles. The van der Waals surface area contributed by atoms with E-state index in [0.717, 1.165) is 0 Å². The summed E-state index contributed by atoms with van der Waals surface area (Å²) in [6.07, 6.45) is 0.779. The summed E-state index contributed by atoms with van der Waals surface area (Å²) >= 11 is 1.19. The smallest absolute Gasteiger partial charge is 0.229 e. The van der Waals surface area contributed by atoms with Gasteiger partial charge in [-0.1, -0.05) is 13.0 Å². The van der Waals surface area contributed by atoms with Gasteiger partial charge in [-0.05, 0) is 24.3 Å². The molecule has 0 saturated carbocycles. The van der Waals surface area contributed by atoms with Gasteiger partial charge in [-0.25, -0.2) is 16.8 Å². The summed E-state index contributed by atoms with van der Waals surface area (Å²) in [6, 6.07) is 3.28. The maximum atomic E-state index is 12.3. The summed E-state index contributed by atoms with van der Waals surface area (Å²) < 4.78 is 49.8. The molecule has 1 fully saturated rings. The molecule has 0 aliphatic carbocycles. The molecule has 108 valence electrons. The summed E-state index contributed by atoms with van der Waals surface area (Å²) in [5.41, 5.74) is 0. The van der Waals surface area contributed by atoms with Crippen molar-refractivity contribution in [1.82, 2.24) is 4.31 Å². The largest absolute Gasteiger partial charge is 0.252 e.